The van der Waals surface area contributed by atoms with Gasteiger partial charge in [0.05, 0.1) is 0 Å². The summed E-state index contributed by atoms with van der Waals surface area (Å²) in [6.07, 6.45) is 0. The van der Waals surface area contributed by atoms with Gasteiger partial charge in [-0.1, -0.05) is 0 Å². The first-order valence-corrected chi connectivity index (χ1v) is 3.36. The van der Waals surface area contributed by atoms with Crippen molar-refractivity contribution in [3.05, 3.63) is 0 Å². The number of rotatable bonds is 1. The van der Waals surface area contributed by atoms with Crippen molar-refractivity contribution in [3.8, 4) is 0 Å². The van der Waals surface area contributed by atoms with E-state index in [1.165, 1.54) is 0 Å². The molecule has 3 nitrogen and oxygen atoms in total. The van der Waals surface area contributed by atoms with Crippen LogP contribution in [0.25, 0.3) is 0 Å². The quantitative estimate of drug-likeness (QED) is 0.378. The zero-order valence-electron chi connectivity index (χ0n) is 2.83. The third kappa shape index (κ3) is 4.26. The maximum atomic E-state index is 9.48. The monoisotopic (exact) mass is 128 g/mol. The molecular formula is CH4O3S2. The van der Waals surface area contributed by atoms with E-state index < -0.39 is 15.2 Å². The van der Waals surface area contributed by atoms with Gasteiger partial charge in [0.15, 0.2) is 0 Å². The zero-order valence-corrected chi connectivity index (χ0v) is 4.54. The van der Waals surface area contributed by atoms with Gasteiger partial charge in [-0.3, -0.25) is 4.55 Å². The Balaban J connectivity index is 3.85. The SMILES string of the molecule is O=S(=O)(O)CS. The maximum Gasteiger partial charge on any atom is 0.274 e. The second-order valence-corrected chi connectivity index (χ2v) is 2.91. The Kier molecular flexibility index (Phi) is 1.89. The van der Waals surface area contributed by atoms with Gasteiger partial charge in [0.25, 0.3) is 10.1 Å². The molecule has 0 radical (unpaired) electrons. The summed E-state index contributed by atoms with van der Waals surface area (Å²) in [5.41, 5.74) is 0. The molecule has 0 unspecified atom stereocenters. The van der Waals surface area contributed by atoms with Crippen LogP contribution < -0.4 is 0 Å². The second kappa shape index (κ2) is 1.81. The molecule has 0 fully saturated rings. The van der Waals surface area contributed by atoms with E-state index in [-0.39, 0.29) is 0 Å². The molecule has 0 heterocycles. The standard InChI is InChI=1S/CH4O3S2/c2-6(3,4)1-5/h5H,1H2,(H,2,3,4). The predicted molar refractivity (Wildman–Crippen MR) is 25.4 cm³/mol. The largest absolute Gasteiger partial charge is 0.285 e. The van der Waals surface area contributed by atoms with E-state index in [1.54, 1.807) is 0 Å². The van der Waals surface area contributed by atoms with Gasteiger partial charge in [0, 0.05) is 0 Å². The molecule has 0 amide bonds. The average molecular weight is 128 g/mol. The smallest absolute Gasteiger partial charge is 0.274 e. The Bertz CT molecular complexity index is 111. The van der Waals surface area contributed by atoms with Crippen molar-refractivity contribution in [1.29, 1.82) is 0 Å². The topological polar surface area (TPSA) is 54.4 Å². The molecular weight excluding hydrogens is 124 g/mol. The van der Waals surface area contributed by atoms with Crippen molar-refractivity contribution in [2.24, 2.45) is 0 Å². The molecule has 0 saturated carbocycles. The Hall–Kier alpha value is 0.260. The summed E-state index contributed by atoms with van der Waals surface area (Å²) < 4.78 is 26.7. The fourth-order valence-electron chi connectivity index (χ4n) is 0. The number of thiol groups is 1. The van der Waals surface area contributed by atoms with Crippen LogP contribution >= 0.6 is 12.6 Å². The molecule has 0 aliphatic heterocycles. The van der Waals surface area contributed by atoms with Crippen LogP contribution in [0.1, 0.15) is 0 Å². The highest BCUT2D eigenvalue weighted by atomic mass is 32.3. The number of hydrogen-bond acceptors (Lipinski definition) is 3. The molecule has 5 heteroatoms. The molecule has 0 saturated heterocycles. The molecule has 1 N–H and O–H groups in total. The van der Waals surface area contributed by atoms with E-state index in [0.717, 1.165) is 0 Å². The first-order chi connectivity index (χ1) is 2.56. The van der Waals surface area contributed by atoms with Gasteiger partial charge in [-0.15, -0.1) is 0 Å². The summed E-state index contributed by atoms with van der Waals surface area (Å²) in [6, 6.07) is 0. The molecule has 0 aromatic carbocycles. The van der Waals surface area contributed by atoms with Crippen molar-refractivity contribution in [1.82, 2.24) is 0 Å². The van der Waals surface area contributed by atoms with Gasteiger partial charge >= 0.3 is 0 Å². The van der Waals surface area contributed by atoms with Gasteiger partial charge in [0.2, 0.25) is 0 Å². The lowest BCUT2D eigenvalue weighted by Crippen LogP contribution is -1.95. The van der Waals surface area contributed by atoms with E-state index in [2.05, 4.69) is 12.6 Å². The fraction of sp³-hybridized carbons (Fsp3) is 1.00. The highest BCUT2D eigenvalue weighted by Gasteiger charge is 1.94. The molecule has 0 rings (SSSR count). The Morgan fingerprint density at radius 2 is 1.83 bits per heavy atom. The van der Waals surface area contributed by atoms with E-state index in [4.69, 9.17) is 4.55 Å². The lowest BCUT2D eigenvalue weighted by molar-refractivity contribution is 0.489. The lowest BCUT2D eigenvalue weighted by atomic mass is 11.9. The van der Waals surface area contributed by atoms with E-state index >= 15 is 0 Å². The van der Waals surface area contributed by atoms with E-state index in [9.17, 15) is 8.42 Å². The maximum absolute atomic E-state index is 9.48. The molecule has 6 heavy (non-hydrogen) atoms. The van der Waals surface area contributed by atoms with Gasteiger partial charge in [-0.2, -0.15) is 21.0 Å². The molecule has 0 bridgehead atoms. The molecule has 0 atom stereocenters. The molecule has 0 spiro atoms. The Morgan fingerprint density at radius 1 is 1.67 bits per heavy atom. The van der Waals surface area contributed by atoms with Crippen LogP contribution in [0, 0.1) is 0 Å². The molecule has 38 valence electrons. The third-order valence-corrected chi connectivity index (χ3v) is 1.47. The van der Waals surface area contributed by atoms with Crippen LogP contribution in [0.4, 0.5) is 0 Å². The molecule has 0 aromatic heterocycles. The molecule has 0 aliphatic carbocycles. The van der Waals surface area contributed by atoms with Crippen LogP contribution in [0.5, 0.6) is 0 Å². The molecule has 0 aromatic rings. The second-order valence-electron chi connectivity index (χ2n) is 0.711. The van der Waals surface area contributed by atoms with Crippen LogP contribution in [0.2, 0.25) is 0 Å². The first-order valence-electron chi connectivity index (χ1n) is 1.12. The summed E-state index contributed by atoms with van der Waals surface area (Å²) in [5, 5.41) is -0.507. The minimum atomic E-state index is -3.80. The Labute approximate surface area is 41.5 Å². The minimum absolute atomic E-state index is 0.507. The highest BCUT2D eigenvalue weighted by Crippen LogP contribution is 1.81. The van der Waals surface area contributed by atoms with Crippen LogP contribution in [0.15, 0.2) is 0 Å². The van der Waals surface area contributed by atoms with Crippen molar-refractivity contribution in [2.45, 2.75) is 0 Å². The lowest BCUT2D eigenvalue weighted by Gasteiger charge is -1.79. The summed E-state index contributed by atoms with van der Waals surface area (Å²) in [7, 11) is -3.80. The van der Waals surface area contributed by atoms with Crippen molar-refractivity contribution in [2.75, 3.05) is 5.08 Å². The van der Waals surface area contributed by atoms with Gasteiger partial charge in [-0.25, -0.2) is 0 Å². The van der Waals surface area contributed by atoms with Crippen molar-refractivity contribution in [3.63, 3.8) is 0 Å². The molecule has 0 aliphatic rings. The minimum Gasteiger partial charge on any atom is -0.285 e. The summed E-state index contributed by atoms with van der Waals surface area (Å²) >= 11 is 3.26. The van der Waals surface area contributed by atoms with Crippen molar-refractivity contribution < 1.29 is 13.0 Å². The van der Waals surface area contributed by atoms with Crippen LogP contribution in [-0.2, 0) is 10.1 Å². The van der Waals surface area contributed by atoms with Gasteiger partial charge in [-0.05, 0) is 0 Å². The van der Waals surface area contributed by atoms with Gasteiger partial charge < -0.3 is 0 Å². The first kappa shape index (κ1) is 6.26. The van der Waals surface area contributed by atoms with Crippen LogP contribution in [0.3, 0.4) is 0 Å². The number of hydrogen-bond donors (Lipinski definition) is 2. The third-order valence-electron chi connectivity index (χ3n) is 0.163. The van der Waals surface area contributed by atoms with Crippen molar-refractivity contribution >= 4 is 22.7 Å². The zero-order chi connectivity index (χ0) is 5.21. The van der Waals surface area contributed by atoms with Crippen LogP contribution in [-0.4, -0.2) is 18.1 Å². The summed E-state index contributed by atoms with van der Waals surface area (Å²) in [4.78, 5) is 0. The predicted octanol–water partition coefficient (Wildman–Crippen LogP) is -0.238. The Morgan fingerprint density at radius 3 is 1.83 bits per heavy atom. The highest BCUT2D eigenvalue weighted by molar-refractivity contribution is 8.00. The normalized spacial score (nSPS) is 11.7. The van der Waals surface area contributed by atoms with E-state index in [1.807, 2.05) is 0 Å². The van der Waals surface area contributed by atoms with Gasteiger partial charge in [0.1, 0.15) is 5.08 Å². The summed E-state index contributed by atoms with van der Waals surface area (Å²) in [6.45, 7) is 0. The fourth-order valence-corrected chi connectivity index (χ4v) is 0. The summed E-state index contributed by atoms with van der Waals surface area (Å²) in [5.74, 6) is 0. The average Bonchev–Trinajstić information content (AvgIpc) is 1.35. The van der Waals surface area contributed by atoms with E-state index in [0.29, 0.717) is 0 Å².